The van der Waals surface area contributed by atoms with Crippen LogP contribution in [0.25, 0.3) is 0 Å². The smallest absolute Gasteiger partial charge is 0.215 e. The first-order valence-corrected chi connectivity index (χ1v) is 8.71. The minimum absolute atomic E-state index is 0.0563. The van der Waals surface area contributed by atoms with Crippen LogP contribution in [0.15, 0.2) is 24.3 Å². The number of rotatable bonds is 7. The van der Waals surface area contributed by atoms with Crippen molar-refractivity contribution < 1.29 is 18.3 Å². The third kappa shape index (κ3) is 4.59. The Balaban J connectivity index is 1.85. The van der Waals surface area contributed by atoms with Crippen LogP contribution >= 0.6 is 0 Å². The molecule has 0 aliphatic heterocycles. The van der Waals surface area contributed by atoms with Gasteiger partial charge in [-0.2, -0.15) is 0 Å². The predicted molar refractivity (Wildman–Crippen MR) is 81.6 cm³/mol. The van der Waals surface area contributed by atoms with Crippen molar-refractivity contribution in [2.75, 3.05) is 24.7 Å². The highest BCUT2D eigenvalue weighted by molar-refractivity contribution is 7.89. The summed E-state index contributed by atoms with van der Waals surface area (Å²) in [5.41, 5.74) is 5.51. The standard InChI is InChI=1S/C14H22N2O4S/c15-12-3-5-13(6-4-12)20-9-10-21(18,19)16-14(11-17)7-1-2-8-14/h3-6,16-17H,1-2,7-11,15H2. The van der Waals surface area contributed by atoms with Gasteiger partial charge in [-0.05, 0) is 37.1 Å². The van der Waals surface area contributed by atoms with Crippen LogP contribution in [0, 0.1) is 0 Å². The van der Waals surface area contributed by atoms with Gasteiger partial charge in [0.05, 0.1) is 17.9 Å². The fraction of sp³-hybridized carbons (Fsp3) is 0.571. The maximum absolute atomic E-state index is 12.1. The lowest BCUT2D eigenvalue weighted by molar-refractivity contribution is 0.185. The van der Waals surface area contributed by atoms with E-state index in [9.17, 15) is 13.5 Å². The van der Waals surface area contributed by atoms with Crippen LogP contribution in [0.3, 0.4) is 0 Å². The molecule has 0 spiro atoms. The molecule has 6 nitrogen and oxygen atoms in total. The number of aliphatic hydroxyl groups is 1. The van der Waals surface area contributed by atoms with Crippen LogP contribution < -0.4 is 15.2 Å². The number of hydrogen-bond acceptors (Lipinski definition) is 5. The van der Waals surface area contributed by atoms with E-state index < -0.39 is 15.6 Å². The van der Waals surface area contributed by atoms with Gasteiger partial charge in [0, 0.05) is 5.69 Å². The van der Waals surface area contributed by atoms with E-state index in [1.165, 1.54) is 0 Å². The van der Waals surface area contributed by atoms with E-state index in [0.29, 0.717) is 24.3 Å². The van der Waals surface area contributed by atoms with Crippen molar-refractivity contribution in [1.82, 2.24) is 4.72 Å². The first-order chi connectivity index (χ1) is 9.95. The summed E-state index contributed by atoms with van der Waals surface area (Å²) in [6, 6.07) is 6.78. The summed E-state index contributed by atoms with van der Waals surface area (Å²) in [5, 5.41) is 9.44. The van der Waals surface area contributed by atoms with Gasteiger partial charge in [0.1, 0.15) is 12.4 Å². The molecular weight excluding hydrogens is 292 g/mol. The number of sulfonamides is 1. The molecule has 0 heterocycles. The van der Waals surface area contributed by atoms with Crippen molar-refractivity contribution in [3.63, 3.8) is 0 Å². The predicted octanol–water partition coefficient (Wildman–Crippen LogP) is 0.872. The molecule has 0 radical (unpaired) electrons. The summed E-state index contributed by atoms with van der Waals surface area (Å²) < 4.78 is 32.2. The summed E-state index contributed by atoms with van der Waals surface area (Å²) in [6.45, 7) is -0.105. The number of benzene rings is 1. The highest BCUT2D eigenvalue weighted by Gasteiger charge is 2.36. The van der Waals surface area contributed by atoms with E-state index >= 15 is 0 Å². The zero-order chi connectivity index (χ0) is 15.3. The molecule has 4 N–H and O–H groups in total. The summed E-state index contributed by atoms with van der Waals surface area (Å²) in [6.07, 6.45) is 3.24. The summed E-state index contributed by atoms with van der Waals surface area (Å²) >= 11 is 0. The van der Waals surface area contributed by atoms with Gasteiger partial charge in [-0.15, -0.1) is 0 Å². The fourth-order valence-corrected chi connectivity index (χ4v) is 3.89. The Labute approximate surface area is 125 Å². The molecule has 1 fully saturated rings. The van der Waals surface area contributed by atoms with Gasteiger partial charge in [-0.3, -0.25) is 0 Å². The fourth-order valence-electron chi connectivity index (χ4n) is 2.56. The van der Waals surface area contributed by atoms with Gasteiger partial charge in [0.2, 0.25) is 10.0 Å². The number of nitrogens with two attached hydrogens (primary N) is 1. The molecule has 0 saturated heterocycles. The Morgan fingerprint density at radius 3 is 2.43 bits per heavy atom. The topological polar surface area (TPSA) is 102 Å². The average Bonchev–Trinajstić information content (AvgIpc) is 2.89. The number of aliphatic hydroxyl groups excluding tert-OH is 1. The summed E-state index contributed by atoms with van der Waals surface area (Å²) in [4.78, 5) is 0. The van der Waals surface area contributed by atoms with E-state index in [4.69, 9.17) is 10.5 Å². The van der Waals surface area contributed by atoms with Gasteiger partial charge < -0.3 is 15.6 Å². The molecule has 0 amide bonds. The Kier molecular flexibility index (Phi) is 5.08. The van der Waals surface area contributed by atoms with Gasteiger partial charge in [-0.1, -0.05) is 12.8 Å². The van der Waals surface area contributed by atoms with Crippen molar-refractivity contribution in [3.8, 4) is 5.75 Å². The largest absolute Gasteiger partial charge is 0.492 e. The monoisotopic (exact) mass is 314 g/mol. The number of nitrogen functional groups attached to an aromatic ring is 1. The van der Waals surface area contributed by atoms with Gasteiger partial charge in [0.25, 0.3) is 0 Å². The second kappa shape index (κ2) is 6.64. The summed E-state index contributed by atoms with van der Waals surface area (Å²) in [5.74, 6) is 0.441. The Bertz CT molecular complexity index is 551. The zero-order valence-corrected chi connectivity index (χ0v) is 12.7. The maximum Gasteiger partial charge on any atom is 0.215 e. The molecule has 0 atom stereocenters. The average molecular weight is 314 g/mol. The lowest BCUT2D eigenvalue weighted by Gasteiger charge is -2.27. The first kappa shape index (κ1) is 16.1. The molecule has 7 heteroatoms. The Morgan fingerprint density at radius 1 is 1.24 bits per heavy atom. The third-order valence-corrected chi connectivity index (χ3v) is 5.18. The van der Waals surface area contributed by atoms with Crippen molar-refractivity contribution in [3.05, 3.63) is 24.3 Å². The molecule has 0 aromatic heterocycles. The quantitative estimate of drug-likeness (QED) is 0.648. The van der Waals surface area contributed by atoms with E-state index in [2.05, 4.69) is 4.72 Å². The number of ether oxygens (including phenoxy) is 1. The maximum atomic E-state index is 12.1. The van der Waals surface area contributed by atoms with Crippen molar-refractivity contribution >= 4 is 15.7 Å². The van der Waals surface area contributed by atoms with E-state index in [1.807, 2.05) is 0 Å². The van der Waals surface area contributed by atoms with Crippen LogP contribution in [-0.4, -0.2) is 38.0 Å². The molecule has 2 rings (SSSR count). The van der Waals surface area contributed by atoms with Crippen LogP contribution in [0.1, 0.15) is 25.7 Å². The third-order valence-electron chi connectivity index (χ3n) is 3.74. The first-order valence-electron chi connectivity index (χ1n) is 7.06. The normalized spacial score (nSPS) is 17.8. The molecule has 118 valence electrons. The molecule has 1 aromatic rings. The van der Waals surface area contributed by atoms with Gasteiger partial charge >= 0.3 is 0 Å². The Hall–Kier alpha value is -1.31. The van der Waals surface area contributed by atoms with E-state index in [0.717, 1.165) is 12.8 Å². The van der Waals surface area contributed by atoms with Crippen molar-refractivity contribution in [1.29, 1.82) is 0 Å². The highest BCUT2D eigenvalue weighted by Crippen LogP contribution is 2.29. The van der Waals surface area contributed by atoms with E-state index in [1.54, 1.807) is 24.3 Å². The lowest BCUT2D eigenvalue weighted by atomic mass is 10.0. The van der Waals surface area contributed by atoms with Crippen LogP contribution in [0.4, 0.5) is 5.69 Å². The SMILES string of the molecule is Nc1ccc(OCCS(=O)(=O)NC2(CO)CCCC2)cc1. The van der Waals surface area contributed by atoms with Crippen molar-refractivity contribution in [2.24, 2.45) is 0 Å². The second-order valence-corrected chi connectivity index (χ2v) is 7.33. The number of nitrogens with one attached hydrogen (secondary N) is 1. The molecule has 0 bridgehead atoms. The van der Waals surface area contributed by atoms with Crippen LogP contribution in [-0.2, 0) is 10.0 Å². The second-order valence-electron chi connectivity index (χ2n) is 5.48. The molecule has 21 heavy (non-hydrogen) atoms. The lowest BCUT2D eigenvalue weighted by Crippen LogP contribution is -2.50. The Morgan fingerprint density at radius 2 is 1.86 bits per heavy atom. The highest BCUT2D eigenvalue weighted by atomic mass is 32.2. The molecule has 0 unspecified atom stereocenters. The number of hydrogen-bond donors (Lipinski definition) is 3. The van der Waals surface area contributed by atoms with Crippen LogP contribution in [0.5, 0.6) is 5.75 Å². The molecule has 1 aromatic carbocycles. The van der Waals surface area contributed by atoms with Crippen LogP contribution in [0.2, 0.25) is 0 Å². The van der Waals surface area contributed by atoms with Gasteiger partial charge in [-0.25, -0.2) is 13.1 Å². The molecule has 1 aliphatic carbocycles. The minimum atomic E-state index is -3.47. The zero-order valence-electron chi connectivity index (χ0n) is 11.9. The molecule has 1 saturated carbocycles. The van der Waals surface area contributed by atoms with Gasteiger partial charge in [0.15, 0.2) is 0 Å². The van der Waals surface area contributed by atoms with Crippen molar-refractivity contribution in [2.45, 2.75) is 31.2 Å². The summed E-state index contributed by atoms with van der Waals surface area (Å²) in [7, 11) is -3.47. The molecular formula is C14H22N2O4S. The molecule has 1 aliphatic rings. The van der Waals surface area contributed by atoms with E-state index in [-0.39, 0.29) is 19.0 Å². The minimum Gasteiger partial charge on any atom is -0.492 e. The number of anilines is 1.